The molecule has 0 unspecified atom stereocenters. The van der Waals surface area contributed by atoms with Crippen molar-refractivity contribution in [3.63, 3.8) is 0 Å². The summed E-state index contributed by atoms with van der Waals surface area (Å²) in [5.74, 6) is -1.14. The van der Waals surface area contributed by atoms with Gasteiger partial charge in [-0.15, -0.1) is 5.10 Å². The lowest BCUT2D eigenvalue weighted by Crippen LogP contribution is -2.37. The largest absolute Gasteiger partial charge is 0.480 e. The van der Waals surface area contributed by atoms with Gasteiger partial charge in [0.25, 0.3) is 5.91 Å². The van der Waals surface area contributed by atoms with Crippen LogP contribution in [0.1, 0.15) is 23.5 Å². The maximum absolute atomic E-state index is 11.9. The van der Waals surface area contributed by atoms with Crippen LogP contribution in [-0.4, -0.2) is 44.6 Å². The Hall–Kier alpha value is -1.50. The van der Waals surface area contributed by atoms with Crippen LogP contribution in [0.5, 0.6) is 0 Å². The van der Waals surface area contributed by atoms with E-state index >= 15 is 0 Å². The molecule has 0 aliphatic heterocycles. The molecule has 0 spiro atoms. The highest BCUT2D eigenvalue weighted by Crippen LogP contribution is 2.09. The van der Waals surface area contributed by atoms with E-state index in [2.05, 4.69) is 9.59 Å². The van der Waals surface area contributed by atoms with E-state index in [0.717, 1.165) is 11.5 Å². The fraction of sp³-hybridized carbons (Fsp3) is 0.556. The highest BCUT2D eigenvalue weighted by atomic mass is 32.1. The zero-order chi connectivity index (χ0) is 12.1. The van der Waals surface area contributed by atoms with E-state index in [9.17, 15) is 9.59 Å². The summed E-state index contributed by atoms with van der Waals surface area (Å²) in [6, 6.07) is 0. The third-order valence-electron chi connectivity index (χ3n) is 1.77. The second kappa shape index (κ2) is 5.55. The van der Waals surface area contributed by atoms with Crippen molar-refractivity contribution < 1.29 is 14.7 Å². The molecule has 0 aliphatic carbocycles. The molecule has 1 heterocycles. The van der Waals surface area contributed by atoms with Crippen molar-refractivity contribution in [3.05, 3.63) is 11.1 Å². The predicted octanol–water partition coefficient (Wildman–Crippen LogP) is 0.721. The molecule has 16 heavy (non-hydrogen) atoms. The average Bonchev–Trinajstić information content (AvgIpc) is 2.66. The highest BCUT2D eigenvalue weighted by molar-refractivity contribution is 7.07. The molecule has 0 fully saturated rings. The normalized spacial score (nSPS) is 10.4. The van der Waals surface area contributed by atoms with E-state index in [0.29, 0.717) is 11.4 Å². The van der Waals surface area contributed by atoms with Gasteiger partial charge in [-0.25, -0.2) is 0 Å². The number of carbonyl (C=O) groups excluding carboxylic acids is 1. The van der Waals surface area contributed by atoms with Crippen molar-refractivity contribution >= 4 is 23.4 Å². The Morgan fingerprint density at radius 1 is 1.56 bits per heavy atom. The SMILES string of the molecule is CC(C)CN(CC(=O)O)C(=O)c1cnns1. The molecule has 0 aliphatic rings. The van der Waals surface area contributed by atoms with Gasteiger partial charge in [-0.05, 0) is 17.5 Å². The number of aliphatic carboxylic acids is 1. The first-order chi connectivity index (χ1) is 7.50. The molecule has 1 N–H and O–H groups in total. The summed E-state index contributed by atoms with van der Waals surface area (Å²) in [6.45, 7) is 3.96. The first-order valence-electron chi connectivity index (χ1n) is 4.79. The monoisotopic (exact) mass is 243 g/mol. The molecule has 1 aromatic heterocycles. The standard InChI is InChI=1S/C9H13N3O3S/c1-6(2)4-12(5-8(13)14)9(15)7-3-10-11-16-7/h3,6H,4-5H2,1-2H3,(H,13,14). The lowest BCUT2D eigenvalue weighted by molar-refractivity contribution is -0.137. The second-order valence-corrected chi connectivity index (χ2v) is 4.54. The van der Waals surface area contributed by atoms with E-state index in [1.54, 1.807) is 0 Å². The van der Waals surface area contributed by atoms with Crippen LogP contribution >= 0.6 is 11.5 Å². The van der Waals surface area contributed by atoms with Crippen LogP contribution in [0.4, 0.5) is 0 Å². The molecule has 1 rings (SSSR count). The number of hydrogen-bond acceptors (Lipinski definition) is 5. The molecule has 6 nitrogen and oxygen atoms in total. The maximum Gasteiger partial charge on any atom is 0.323 e. The van der Waals surface area contributed by atoms with Crippen LogP contribution in [-0.2, 0) is 4.79 Å². The van der Waals surface area contributed by atoms with Gasteiger partial charge in [-0.1, -0.05) is 18.3 Å². The molecule has 0 saturated heterocycles. The Kier molecular flexibility index (Phi) is 4.36. The van der Waals surface area contributed by atoms with Gasteiger partial charge in [-0.3, -0.25) is 9.59 Å². The van der Waals surface area contributed by atoms with E-state index in [-0.39, 0.29) is 18.4 Å². The van der Waals surface area contributed by atoms with Crippen LogP contribution in [0.15, 0.2) is 6.20 Å². The summed E-state index contributed by atoms with van der Waals surface area (Å²) < 4.78 is 3.58. The van der Waals surface area contributed by atoms with E-state index in [4.69, 9.17) is 5.11 Å². The zero-order valence-corrected chi connectivity index (χ0v) is 9.90. The van der Waals surface area contributed by atoms with Crippen molar-refractivity contribution in [2.75, 3.05) is 13.1 Å². The number of nitrogens with zero attached hydrogens (tertiary/aromatic N) is 3. The Labute approximate surface area is 97.1 Å². The molecule has 7 heteroatoms. The Morgan fingerprint density at radius 3 is 2.69 bits per heavy atom. The van der Waals surface area contributed by atoms with Crippen molar-refractivity contribution in [1.82, 2.24) is 14.5 Å². The number of amides is 1. The highest BCUT2D eigenvalue weighted by Gasteiger charge is 2.20. The lowest BCUT2D eigenvalue weighted by Gasteiger charge is -2.21. The van der Waals surface area contributed by atoms with E-state index in [1.807, 2.05) is 13.8 Å². The second-order valence-electron chi connectivity index (χ2n) is 3.76. The fourth-order valence-corrected chi connectivity index (χ4v) is 1.72. The number of carboxylic acids is 1. The van der Waals surface area contributed by atoms with Crippen LogP contribution in [0.25, 0.3) is 0 Å². The molecular formula is C9H13N3O3S. The summed E-state index contributed by atoms with van der Waals surface area (Å²) in [7, 11) is 0. The lowest BCUT2D eigenvalue weighted by atomic mass is 10.2. The van der Waals surface area contributed by atoms with Crippen LogP contribution in [0.2, 0.25) is 0 Å². The van der Waals surface area contributed by atoms with E-state index in [1.165, 1.54) is 11.1 Å². The molecule has 0 aromatic carbocycles. The molecule has 1 aromatic rings. The Morgan fingerprint density at radius 2 is 2.25 bits per heavy atom. The van der Waals surface area contributed by atoms with E-state index < -0.39 is 5.97 Å². The topological polar surface area (TPSA) is 83.4 Å². The molecule has 0 radical (unpaired) electrons. The number of carboxylic acid groups (broad SMARTS) is 1. The van der Waals surface area contributed by atoms with Crippen molar-refractivity contribution in [3.8, 4) is 0 Å². The van der Waals surface area contributed by atoms with Gasteiger partial charge in [0, 0.05) is 6.54 Å². The van der Waals surface area contributed by atoms with Gasteiger partial charge in [0.1, 0.15) is 11.4 Å². The quantitative estimate of drug-likeness (QED) is 0.823. The third kappa shape index (κ3) is 3.58. The van der Waals surface area contributed by atoms with Crippen LogP contribution in [0.3, 0.4) is 0 Å². The predicted molar refractivity (Wildman–Crippen MR) is 58.3 cm³/mol. The molecule has 1 amide bonds. The first-order valence-corrected chi connectivity index (χ1v) is 5.56. The average molecular weight is 243 g/mol. The number of aromatic nitrogens is 2. The Balaban J connectivity index is 2.75. The zero-order valence-electron chi connectivity index (χ0n) is 9.08. The molecule has 0 atom stereocenters. The number of rotatable bonds is 5. The fourth-order valence-electron chi connectivity index (χ4n) is 1.24. The van der Waals surface area contributed by atoms with Gasteiger partial charge < -0.3 is 10.0 Å². The van der Waals surface area contributed by atoms with Crippen molar-refractivity contribution in [2.45, 2.75) is 13.8 Å². The Bertz CT molecular complexity index is 364. The van der Waals surface area contributed by atoms with Gasteiger partial charge in [0.15, 0.2) is 0 Å². The minimum absolute atomic E-state index is 0.212. The summed E-state index contributed by atoms with van der Waals surface area (Å²) in [5.41, 5.74) is 0. The molecular weight excluding hydrogens is 230 g/mol. The number of hydrogen-bond donors (Lipinski definition) is 1. The summed E-state index contributed by atoms with van der Waals surface area (Å²) in [4.78, 5) is 24.2. The van der Waals surface area contributed by atoms with Gasteiger partial charge in [-0.2, -0.15) is 0 Å². The van der Waals surface area contributed by atoms with Gasteiger partial charge in [0.2, 0.25) is 0 Å². The maximum atomic E-state index is 11.9. The summed E-state index contributed by atoms with van der Waals surface area (Å²) in [5, 5.41) is 12.3. The molecule has 0 bridgehead atoms. The minimum Gasteiger partial charge on any atom is -0.480 e. The summed E-state index contributed by atoms with van der Waals surface area (Å²) in [6.07, 6.45) is 1.35. The van der Waals surface area contributed by atoms with Crippen LogP contribution < -0.4 is 0 Å². The first kappa shape index (κ1) is 12.6. The van der Waals surface area contributed by atoms with Gasteiger partial charge >= 0.3 is 5.97 Å². The smallest absolute Gasteiger partial charge is 0.323 e. The third-order valence-corrected chi connectivity index (χ3v) is 2.42. The molecule has 0 saturated carbocycles. The van der Waals surface area contributed by atoms with Crippen molar-refractivity contribution in [2.24, 2.45) is 5.92 Å². The summed E-state index contributed by atoms with van der Waals surface area (Å²) >= 11 is 0.968. The number of carbonyl (C=O) groups is 2. The van der Waals surface area contributed by atoms with Gasteiger partial charge in [0.05, 0.1) is 6.20 Å². The van der Waals surface area contributed by atoms with Crippen LogP contribution in [0, 0.1) is 5.92 Å². The molecule has 88 valence electrons. The van der Waals surface area contributed by atoms with Crippen molar-refractivity contribution in [1.29, 1.82) is 0 Å². The minimum atomic E-state index is -1.02.